The van der Waals surface area contributed by atoms with Crippen LogP contribution in [0.2, 0.25) is 0 Å². The molecule has 2 atom stereocenters. The van der Waals surface area contributed by atoms with Crippen molar-refractivity contribution in [1.29, 1.82) is 0 Å². The first-order chi connectivity index (χ1) is 20.2. The highest BCUT2D eigenvalue weighted by atomic mass is 32.1. The van der Waals surface area contributed by atoms with E-state index in [1.165, 1.54) is 41.0 Å². The fourth-order valence-electron chi connectivity index (χ4n) is 5.76. The van der Waals surface area contributed by atoms with Gasteiger partial charge in [0.1, 0.15) is 0 Å². The molecule has 2 heterocycles. The predicted molar refractivity (Wildman–Crippen MR) is 173 cm³/mol. The van der Waals surface area contributed by atoms with Crippen molar-refractivity contribution in [3.05, 3.63) is 76.2 Å². The summed E-state index contributed by atoms with van der Waals surface area (Å²) in [6.07, 6.45) is 5.27. The van der Waals surface area contributed by atoms with Gasteiger partial charge in [0.05, 0.1) is 18.1 Å². The van der Waals surface area contributed by atoms with Gasteiger partial charge in [0, 0.05) is 46.7 Å². The Kier molecular flexibility index (Phi) is 9.66. The number of nitrogens with zero attached hydrogens (tertiary/aromatic N) is 1. The van der Waals surface area contributed by atoms with Crippen LogP contribution in [0.1, 0.15) is 78.9 Å². The smallest absolute Gasteiger partial charge is 0.252 e. The van der Waals surface area contributed by atoms with Gasteiger partial charge in [-0.15, -0.1) is 11.3 Å². The maximum Gasteiger partial charge on any atom is 0.252 e. The van der Waals surface area contributed by atoms with Crippen LogP contribution in [0, 0.1) is 12.8 Å². The van der Waals surface area contributed by atoms with Gasteiger partial charge in [0.2, 0.25) is 5.91 Å². The third-order valence-corrected chi connectivity index (χ3v) is 9.78. The number of carbonyl (C=O) groups excluding carboxylic acids is 2. The predicted octanol–water partition coefficient (Wildman–Crippen LogP) is 5.85. The zero-order chi connectivity index (χ0) is 29.8. The number of anilines is 1. The van der Waals surface area contributed by atoms with E-state index in [1.807, 2.05) is 57.2 Å². The molecule has 5 rings (SSSR count). The molecule has 2 amide bonds. The number of benzene rings is 2. The maximum atomic E-state index is 13.4. The van der Waals surface area contributed by atoms with Crippen molar-refractivity contribution in [2.45, 2.75) is 84.1 Å². The van der Waals surface area contributed by atoms with E-state index in [1.54, 1.807) is 4.90 Å². The number of nitrogens with one attached hydrogen (secondary N) is 3. The summed E-state index contributed by atoms with van der Waals surface area (Å²) in [6.45, 7) is 10.1. The highest BCUT2D eigenvalue weighted by Crippen LogP contribution is 2.31. The Hall–Kier alpha value is -3.20. The van der Waals surface area contributed by atoms with Crippen LogP contribution < -0.4 is 21.7 Å². The normalized spacial score (nSPS) is 17.2. The largest absolute Gasteiger partial charge is 0.379 e. The molecule has 1 saturated carbocycles. The molecule has 8 heteroatoms. The van der Waals surface area contributed by atoms with Crippen LogP contribution in [-0.2, 0) is 11.3 Å². The lowest BCUT2D eigenvalue weighted by Gasteiger charge is -2.41. The molecular weight excluding hydrogens is 542 g/mol. The van der Waals surface area contributed by atoms with Crippen molar-refractivity contribution >= 4 is 28.8 Å². The first-order valence-corrected chi connectivity index (χ1v) is 16.1. The molecular formula is C34H45N5O2S. The third-order valence-electron chi connectivity index (χ3n) is 8.65. The van der Waals surface area contributed by atoms with Crippen LogP contribution in [0.15, 0.2) is 54.6 Å². The molecule has 1 saturated heterocycles. The topological polar surface area (TPSA) is 99.5 Å². The Labute approximate surface area is 254 Å². The van der Waals surface area contributed by atoms with Crippen molar-refractivity contribution in [2.75, 3.05) is 18.4 Å². The second-order valence-electron chi connectivity index (χ2n) is 12.3. The minimum Gasteiger partial charge on any atom is -0.379 e. The number of aryl methyl sites for hydroxylation is 1. The van der Waals surface area contributed by atoms with Gasteiger partial charge < -0.3 is 26.6 Å². The summed E-state index contributed by atoms with van der Waals surface area (Å²) < 4.78 is 0. The van der Waals surface area contributed by atoms with Gasteiger partial charge in [0.15, 0.2) is 0 Å². The molecule has 2 fully saturated rings. The zero-order valence-electron chi connectivity index (χ0n) is 25.3. The van der Waals surface area contributed by atoms with Gasteiger partial charge >= 0.3 is 0 Å². The number of thiophene rings is 1. The molecule has 0 bridgehead atoms. The van der Waals surface area contributed by atoms with E-state index < -0.39 is 6.04 Å². The van der Waals surface area contributed by atoms with Crippen LogP contribution in [0.4, 0.5) is 5.69 Å². The summed E-state index contributed by atoms with van der Waals surface area (Å²) in [5, 5.41) is 10.4. The van der Waals surface area contributed by atoms with Crippen molar-refractivity contribution < 1.29 is 9.59 Å². The molecule has 5 N–H and O–H groups in total. The molecule has 7 nitrogen and oxygen atoms in total. The number of hydrogen-bond acceptors (Lipinski definition) is 6. The Bertz CT molecular complexity index is 1390. The summed E-state index contributed by atoms with van der Waals surface area (Å²) in [4.78, 5) is 30.2. The number of rotatable bonds is 11. The average Bonchev–Trinajstić information content (AvgIpc) is 3.66. The second-order valence-corrected chi connectivity index (χ2v) is 13.5. The molecule has 2 aliphatic rings. The highest BCUT2D eigenvalue weighted by Gasteiger charge is 2.34. The molecule has 0 spiro atoms. The molecule has 224 valence electrons. The highest BCUT2D eigenvalue weighted by molar-refractivity contribution is 7.15. The number of hydrogen-bond donors (Lipinski definition) is 4. The summed E-state index contributed by atoms with van der Waals surface area (Å²) in [5.74, 6) is 0.0179. The van der Waals surface area contributed by atoms with E-state index in [0.29, 0.717) is 24.7 Å². The van der Waals surface area contributed by atoms with Crippen molar-refractivity contribution in [2.24, 2.45) is 11.7 Å². The van der Waals surface area contributed by atoms with Crippen molar-refractivity contribution in [1.82, 2.24) is 15.5 Å². The van der Waals surface area contributed by atoms with Crippen LogP contribution in [0.25, 0.3) is 10.4 Å². The summed E-state index contributed by atoms with van der Waals surface area (Å²) >= 11 is 1.83. The van der Waals surface area contributed by atoms with Gasteiger partial charge in [-0.3, -0.25) is 9.59 Å². The van der Waals surface area contributed by atoms with Gasteiger partial charge in [0.25, 0.3) is 5.91 Å². The number of nitrogens with two attached hydrogens (primary N) is 1. The Morgan fingerprint density at radius 3 is 2.50 bits per heavy atom. The van der Waals surface area contributed by atoms with Crippen LogP contribution in [-0.4, -0.2) is 47.9 Å². The molecule has 0 radical (unpaired) electrons. The van der Waals surface area contributed by atoms with E-state index in [0.717, 1.165) is 23.4 Å². The number of likely N-dealkylation sites (tertiary alicyclic amines) is 1. The Morgan fingerprint density at radius 2 is 1.76 bits per heavy atom. The number of amides is 2. The minimum absolute atomic E-state index is 0.000858. The van der Waals surface area contributed by atoms with Gasteiger partial charge in [-0.25, -0.2) is 0 Å². The molecule has 1 aliphatic heterocycles. The molecule has 3 aromatic rings. The molecule has 0 unspecified atom stereocenters. The van der Waals surface area contributed by atoms with Gasteiger partial charge in [-0.05, 0) is 79.6 Å². The first kappa shape index (κ1) is 30.3. The fraction of sp³-hybridized carbons (Fsp3) is 0.471. The second kappa shape index (κ2) is 13.4. The van der Waals surface area contributed by atoms with Crippen molar-refractivity contribution in [3.63, 3.8) is 0 Å². The minimum atomic E-state index is -0.463. The third kappa shape index (κ3) is 7.22. The lowest BCUT2D eigenvalue weighted by atomic mass is 10.00. The standard InChI is InChI=1S/C34H45N5O2S/c1-21(2)32(35)34(41)39-19-28(20-39)38-27-13-12-22(3)30(17-27)33(40)37-23(4)24-8-7-9-25(16-24)31-15-14-29(42-31)18-36-26-10-5-6-11-26/h7-9,12-17,21,23,26,28,32,36,38H,5-6,10-11,18-20,35H2,1-4H3,(H,37,40)/t23-,32+/m1/s1. The van der Waals surface area contributed by atoms with Crippen molar-refractivity contribution in [3.8, 4) is 10.4 Å². The quantitative estimate of drug-likeness (QED) is 0.226. The Morgan fingerprint density at radius 1 is 1.00 bits per heavy atom. The van der Waals surface area contributed by atoms with E-state index in [-0.39, 0.29) is 29.8 Å². The summed E-state index contributed by atoms with van der Waals surface area (Å²) in [6, 6.07) is 19.0. The molecule has 2 aromatic carbocycles. The van der Waals surface area contributed by atoms with E-state index in [9.17, 15) is 9.59 Å². The lowest BCUT2D eigenvalue weighted by molar-refractivity contribution is -0.137. The van der Waals surface area contributed by atoms with E-state index in [4.69, 9.17) is 5.73 Å². The molecule has 1 aromatic heterocycles. The fourth-order valence-corrected chi connectivity index (χ4v) is 6.71. The van der Waals surface area contributed by atoms with Crippen LogP contribution >= 0.6 is 11.3 Å². The first-order valence-electron chi connectivity index (χ1n) is 15.3. The van der Waals surface area contributed by atoms with Crippen LogP contribution in [0.3, 0.4) is 0 Å². The maximum absolute atomic E-state index is 13.4. The Balaban J connectivity index is 1.17. The van der Waals surface area contributed by atoms with Crippen LogP contribution in [0.5, 0.6) is 0 Å². The van der Waals surface area contributed by atoms with E-state index >= 15 is 0 Å². The zero-order valence-corrected chi connectivity index (χ0v) is 26.1. The summed E-state index contributed by atoms with van der Waals surface area (Å²) in [5.41, 5.74) is 10.7. The van der Waals surface area contributed by atoms with Gasteiger partial charge in [-0.2, -0.15) is 0 Å². The van der Waals surface area contributed by atoms with Gasteiger partial charge in [-0.1, -0.05) is 51.0 Å². The number of carbonyl (C=O) groups is 2. The van der Waals surface area contributed by atoms with E-state index in [2.05, 4.69) is 52.3 Å². The average molecular weight is 588 g/mol. The SMILES string of the molecule is Cc1ccc(NC2CN(C(=O)[C@@H](N)C(C)C)C2)cc1C(=O)N[C@H](C)c1cccc(-c2ccc(CNC3CCCC3)s2)c1. The molecule has 1 aliphatic carbocycles. The lowest BCUT2D eigenvalue weighted by Crippen LogP contribution is -2.61. The summed E-state index contributed by atoms with van der Waals surface area (Å²) in [7, 11) is 0. The monoisotopic (exact) mass is 587 g/mol. The molecule has 42 heavy (non-hydrogen) atoms.